The van der Waals surface area contributed by atoms with Gasteiger partial charge in [0.15, 0.2) is 11.5 Å². The molecule has 3 fully saturated rings. The van der Waals surface area contributed by atoms with Crippen LogP contribution in [0.5, 0.6) is 11.5 Å². The molecule has 3 atom stereocenters. The first-order valence-electron chi connectivity index (χ1n) is 9.53. The first-order chi connectivity index (χ1) is 11.8. The maximum absolute atomic E-state index is 13.1. The van der Waals surface area contributed by atoms with E-state index < -0.39 is 0 Å². The summed E-state index contributed by atoms with van der Waals surface area (Å²) in [7, 11) is 0. The number of ether oxygens (including phenoxy) is 2. The molecule has 4 aliphatic rings. The van der Waals surface area contributed by atoms with Gasteiger partial charge in [0.05, 0.1) is 6.04 Å². The van der Waals surface area contributed by atoms with E-state index in [-0.39, 0.29) is 6.04 Å². The molecule has 0 bridgehead atoms. The van der Waals surface area contributed by atoms with Crippen LogP contribution in [-0.4, -0.2) is 30.6 Å². The second-order valence-electron chi connectivity index (χ2n) is 7.73. The minimum Gasteiger partial charge on any atom is -0.486 e. The first-order valence-corrected chi connectivity index (χ1v) is 9.53. The van der Waals surface area contributed by atoms with Gasteiger partial charge in [-0.15, -0.1) is 0 Å². The normalized spacial score (nSPS) is 33.9. The van der Waals surface area contributed by atoms with Crippen molar-refractivity contribution in [2.45, 2.75) is 44.6 Å². The van der Waals surface area contributed by atoms with Crippen molar-refractivity contribution in [2.24, 2.45) is 17.8 Å². The number of hydrogen-bond acceptors (Lipinski definition) is 3. The Morgan fingerprint density at radius 3 is 2.50 bits per heavy atom. The molecule has 4 nitrogen and oxygen atoms in total. The minimum atomic E-state index is 0.218. The Balaban J connectivity index is 1.37. The van der Waals surface area contributed by atoms with Crippen LogP contribution in [0.4, 0.5) is 0 Å². The van der Waals surface area contributed by atoms with E-state index in [4.69, 9.17) is 9.47 Å². The standard InChI is InChI=1S/C20H25NO3/c22-20(19-14-4-1-2-5-15(14)19)21-9-3-6-16(21)13-7-8-17-18(12-13)24-11-10-23-17/h7-8,12,14-16,19H,1-6,9-11H2/t14-,15-,16-/m1/s1. The fourth-order valence-electron chi connectivity index (χ4n) is 5.19. The lowest BCUT2D eigenvalue weighted by molar-refractivity contribution is -0.134. The Labute approximate surface area is 143 Å². The van der Waals surface area contributed by atoms with E-state index in [0.717, 1.165) is 30.9 Å². The average molecular weight is 327 g/mol. The summed E-state index contributed by atoms with van der Waals surface area (Å²) < 4.78 is 11.4. The van der Waals surface area contributed by atoms with Crippen molar-refractivity contribution in [3.8, 4) is 11.5 Å². The minimum absolute atomic E-state index is 0.218. The molecular formula is C20H25NO3. The smallest absolute Gasteiger partial charge is 0.226 e. The van der Waals surface area contributed by atoms with Crippen LogP contribution in [0.1, 0.15) is 50.1 Å². The number of likely N-dealkylation sites (tertiary alicyclic amines) is 1. The molecule has 4 heteroatoms. The van der Waals surface area contributed by atoms with E-state index in [0.29, 0.717) is 36.9 Å². The third-order valence-electron chi connectivity index (χ3n) is 6.43. The predicted octanol–water partition coefficient (Wildman–Crippen LogP) is 3.56. The summed E-state index contributed by atoms with van der Waals surface area (Å²) in [6.45, 7) is 2.13. The zero-order valence-corrected chi connectivity index (χ0v) is 14.1. The highest BCUT2D eigenvalue weighted by molar-refractivity contribution is 5.83. The Bertz CT molecular complexity index is 646. The number of carbonyl (C=O) groups excluding carboxylic acids is 1. The van der Waals surface area contributed by atoms with Crippen LogP contribution in [0.3, 0.4) is 0 Å². The summed E-state index contributed by atoms with van der Waals surface area (Å²) in [5.74, 6) is 3.78. The highest BCUT2D eigenvalue weighted by atomic mass is 16.6. The molecule has 0 aromatic heterocycles. The Hall–Kier alpha value is -1.71. The van der Waals surface area contributed by atoms with E-state index in [2.05, 4.69) is 17.0 Å². The van der Waals surface area contributed by atoms with Gasteiger partial charge in [-0.25, -0.2) is 0 Å². The lowest BCUT2D eigenvalue weighted by atomic mass is 10.0. The van der Waals surface area contributed by atoms with Crippen molar-refractivity contribution in [3.05, 3.63) is 23.8 Å². The SMILES string of the molecule is O=C(C1[C@@H]2CCCC[C@@H]12)N1CCC[C@@H]1c1ccc2c(c1)OCCO2. The quantitative estimate of drug-likeness (QED) is 0.834. The monoisotopic (exact) mass is 327 g/mol. The highest BCUT2D eigenvalue weighted by Crippen LogP contribution is 2.57. The van der Waals surface area contributed by atoms with Crippen LogP contribution in [0.2, 0.25) is 0 Å². The van der Waals surface area contributed by atoms with Crippen LogP contribution in [0.25, 0.3) is 0 Å². The molecule has 1 saturated heterocycles. The van der Waals surface area contributed by atoms with Gasteiger partial charge in [0, 0.05) is 12.5 Å². The zero-order chi connectivity index (χ0) is 16.1. The van der Waals surface area contributed by atoms with Gasteiger partial charge >= 0.3 is 0 Å². The van der Waals surface area contributed by atoms with Gasteiger partial charge in [-0.3, -0.25) is 4.79 Å². The third kappa shape index (κ3) is 2.30. The number of carbonyl (C=O) groups is 1. The van der Waals surface area contributed by atoms with Crippen LogP contribution in [0, 0.1) is 17.8 Å². The number of hydrogen-bond donors (Lipinski definition) is 0. The van der Waals surface area contributed by atoms with Gasteiger partial charge in [-0.05, 0) is 55.2 Å². The molecule has 0 N–H and O–H groups in total. The van der Waals surface area contributed by atoms with Crippen molar-refractivity contribution in [2.75, 3.05) is 19.8 Å². The molecule has 0 unspecified atom stereocenters. The molecule has 2 aliphatic carbocycles. The lowest BCUT2D eigenvalue weighted by Crippen LogP contribution is -2.32. The summed E-state index contributed by atoms with van der Waals surface area (Å²) in [5, 5.41) is 0. The van der Waals surface area contributed by atoms with E-state index in [9.17, 15) is 4.79 Å². The van der Waals surface area contributed by atoms with Crippen LogP contribution >= 0.6 is 0 Å². The van der Waals surface area contributed by atoms with Crippen molar-refractivity contribution < 1.29 is 14.3 Å². The maximum atomic E-state index is 13.1. The molecule has 2 saturated carbocycles. The number of benzene rings is 1. The number of fused-ring (bicyclic) bond motifs is 2. The summed E-state index contributed by atoms with van der Waals surface area (Å²) >= 11 is 0. The molecule has 0 spiro atoms. The topological polar surface area (TPSA) is 38.8 Å². The number of amides is 1. The molecular weight excluding hydrogens is 302 g/mol. The van der Waals surface area contributed by atoms with Gasteiger partial charge in [-0.1, -0.05) is 18.9 Å². The predicted molar refractivity (Wildman–Crippen MR) is 90.1 cm³/mol. The van der Waals surface area contributed by atoms with Crippen LogP contribution in [0.15, 0.2) is 18.2 Å². The molecule has 1 aromatic rings. The number of nitrogens with zero attached hydrogens (tertiary/aromatic N) is 1. The number of rotatable bonds is 2. The summed E-state index contributed by atoms with van der Waals surface area (Å²) in [6, 6.07) is 6.42. The van der Waals surface area contributed by atoms with E-state index in [1.165, 1.54) is 31.2 Å². The van der Waals surface area contributed by atoms with Crippen LogP contribution < -0.4 is 9.47 Å². The van der Waals surface area contributed by atoms with Crippen molar-refractivity contribution in [1.29, 1.82) is 0 Å². The largest absolute Gasteiger partial charge is 0.486 e. The van der Waals surface area contributed by atoms with Gasteiger partial charge in [0.1, 0.15) is 13.2 Å². The molecule has 0 radical (unpaired) electrons. The summed E-state index contributed by atoms with van der Waals surface area (Å²) in [4.78, 5) is 15.3. The van der Waals surface area contributed by atoms with Gasteiger partial charge < -0.3 is 14.4 Å². The first kappa shape index (κ1) is 14.6. The average Bonchev–Trinajstić information content (AvgIpc) is 3.15. The Kier molecular flexibility index (Phi) is 3.46. The van der Waals surface area contributed by atoms with E-state index in [1.54, 1.807) is 0 Å². The van der Waals surface area contributed by atoms with Crippen LogP contribution in [-0.2, 0) is 4.79 Å². The Morgan fingerprint density at radius 1 is 0.958 bits per heavy atom. The maximum Gasteiger partial charge on any atom is 0.226 e. The molecule has 2 heterocycles. The fraction of sp³-hybridized carbons (Fsp3) is 0.650. The summed E-state index contributed by atoms with van der Waals surface area (Å²) in [6.07, 6.45) is 7.33. The fourth-order valence-corrected chi connectivity index (χ4v) is 5.19. The van der Waals surface area contributed by atoms with Gasteiger partial charge in [0.25, 0.3) is 0 Å². The molecule has 1 aromatic carbocycles. The van der Waals surface area contributed by atoms with Crippen molar-refractivity contribution in [1.82, 2.24) is 4.90 Å². The van der Waals surface area contributed by atoms with E-state index >= 15 is 0 Å². The summed E-state index contributed by atoms with van der Waals surface area (Å²) in [5.41, 5.74) is 1.20. The molecule has 24 heavy (non-hydrogen) atoms. The molecule has 2 aliphatic heterocycles. The molecule has 5 rings (SSSR count). The zero-order valence-electron chi connectivity index (χ0n) is 14.1. The lowest BCUT2D eigenvalue weighted by Gasteiger charge is -2.27. The molecule has 128 valence electrons. The van der Waals surface area contributed by atoms with Crippen molar-refractivity contribution in [3.63, 3.8) is 0 Å². The third-order valence-corrected chi connectivity index (χ3v) is 6.43. The second-order valence-corrected chi connectivity index (χ2v) is 7.73. The Morgan fingerprint density at radius 2 is 1.71 bits per heavy atom. The highest BCUT2D eigenvalue weighted by Gasteiger charge is 2.56. The van der Waals surface area contributed by atoms with E-state index in [1.807, 2.05) is 6.07 Å². The second kappa shape index (κ2) is 5.68. The van der Waals surface area contributed by atoms with Crippen molar-refractivity contribution >= 4 is 5.91 Å². The van der Waals surface area contributed by atoms with Gasteiger partial charge in [-0.2, -0.15) is 0 Å². The van der Waals surface area contributed by atoms with Gasteiger partial charge in [0.2, 0.25) is 5.91 Å². The molecule has 1 amide bonds.